The Bertz CT molecular complexity index is 524. The molecule has 1 amide bonds. The number of hydrogen-bond acceptors (Lipinski definition) is 4. The van der Waals surface area contributed by atoms with Crippen molar-refractivity contribution in [3.63, 3.8) is 0 Å². The van der Waals surface area contributed by atoms with Crippen molar-refractivity contribution in [1.82, 2.24) is 4.90 Å². The number of ether oxygens (including phenoxy) is 1. The highest BCUT2D eigenvalue weighted by molar-refractivity contribution is 5.80. The Morgan fingerprint density at radius 3 is 2.43 bits per heavy atom. The first kappa shape index (κ1) is 17.5. The van der Waals surface area contributed by atoms with E-state index in [-0.39, 0.29) is 29.8 Å². The van der Waals surface area contributed by atoms with Gasteiger partial charge >= 0.3 is 5.97 Å². The van der Waals surface area contributed by atoms with Crippen molar-refractivity contribution in [1.29, 1.82) is 0 Å². The first-order valence-corrected chi connectivity index (χ1v) is 8.30. The van der Waals surface area contributed by atoms with Crippen LogP contribution in [0.4, 0.5) is 0 Å². The van der Waals surface area contributed by atoms with Crippen LogP contribution in [0, 0.1) is 11.8 Å². The Morgan fingerprint density at radius 1 is 1.26 bits per heavy atom. The standard InChI is InChI=1S/C18H26N2O3/c1-3-23-18(22)15-9-11-20(12-10-15)17(21)13(2)16(19)14-7-5-4-6-8-14/h4-8,13,15-16H,3,9-12,19H2,1-2H3. The van der Waals surface area contributed by atoms with Crippen molar-refractivity contribution in [2.24, 2.45) is 17.6 Å². The monoisotopic (exact) mass is 318 g/mol. The largest absolute Gasteiger partial charge is 0.466 e. The van der Waals surface area contributed by atoms with E-state index in [1.54, 1.807) is 0 Å². The second kappa shape index (κ2) is 8.11. The molecule has 0 aliphatic carbocycles. The summed E-state index contributed by atoms with van der Waals surface area (Å²) in [6, 6.07) is 9.37. The Hall–Kier alpha value is -1.88. The smallest absolute Gasteiger partial charge is 0.309 e. The number of benzene rings is 1. The van der Waals surface area contributed by atoms with Crippen molar-refractivity contribution >= 4 is 11.9 Å². The maximum Gasteiger partial charge on any atom is 0.309 e. The number of likely N-dealkylation sites (tertiary alicyclic amines) is 1. The second-order valence-electron chi connectivity index (χ2n) is 6.08. The summed E-state index contributed by atoms with van der Waals surface area (Å²) in [5.41, 5.74) is 7.21. The summed E-state index contributed by atoms with van der Waals surface area (Å²) in [4.78, 5) is 26.2. The number of nitrogens with zero attached hydrogens (tertiary/aromatic N) is 1. The minimum Gasteiger partial charge on any atom is -0.466 e. The number of esters is 1. The second-order valence-corrected chi connectivity index (χ2v) is 6.08. The summed E-state index contributed by atoms with van der Waals surface area (Å²) in [5, 5.41) is 0. The lowest BCUT2D eigenvalue weighted by molar-refractivity contribution is -0.151. The lowest BCUT2D eigenvalue weighted by atomic mass is 9.91. The summed E-state index contributed by atoms with van der Waals surface area (Å²) in [6.45, 7) is 5.27. The molecule has 1 fully saturated rings. The summed E-state index contributed by atoms with van der Waals surface area (Å²) in [5.74, 6) is -0.453. The third-order valence-electron chi connectivity index (χ3n) is 4.54. The zero-order chi connectivity index (χ0) is 16.8. The van der Waals surface area contributed by atoms with Crippen LogP contribution < -0.4 is 5.73 Å². The Labute approximate surface area is 137 Å². The number of hydrogen-bond donors (Lipinski definition) is 1. The van der Waals surface area contributed by atoms with Crippen LogP contribution in [0.5, 0.6) is 0 Å². The fourth-order valence-electron chi connectivity index (χ4n) is 3.00. The Morgan fingerprint density at radius 2 is 1.87 bits per heavy atom. The lowest BCUT2D eigenvalue weighted by Crippen LogP contribution is -2.45. The summed E-state index contributed by atoms with van der Waals surface area (Å²) in [6.07, 6.45) is 1.33. The van der Waals surface area contributed by atoms with Gasteiger partial charge in [0.1, 0.15) is 0 Å². The molecule has 1 heterocycles. The van der Waals surface area contributed by atoms with E-state index in [1.165, 1.54) is 0 Å². The number of nitrogens with two attached hydrogens (primary N) is 1. The SMILES string of the molecule is CCOC(=O)C1CCN(C(=O)C(C)C(N)c2ccccc2)CC1. The van der Waals surface area contributed by atoms with Crippen LogP contribution in [0.2, 0.25) is 0 Å². The van der Waals surface area contributed by atoms with E-state index in [9.17, 15) is 9.59 Å². The Kier molecular flexibility index (Phi) is 6.16. The molecule has 2 N–H and O–H groups in total. The number of rotatable bonds is 5. The molecule has 1 aliphatic heterocycles. The molecular formula is C18H26N2O3. The quantitative estimate of drug-likeness (QED) is 0.844. The fourth-order valence-corrected chi connectivity index (χ4v) is 3.00. The van der Waals surface area contributed by atoms with E-state index in [4.69, 9.17) is 10.5 Å². The molecule has 1 aromatic rings. The molecule has 0 saturated carbocycles. The molecule has 126 valence electrons. The first-order valence-electron chi connectivity index (χ1n) is 8.30. The third kappa shape index (κ3) is 4.32. The van der Waals surface area contributed by atoms with Crippen LogP contribution in [0.25, 0.3) is 0 Å². The van der Waals surface area contributed by atoms with E-state index >= 15 is 0 Å². The zero-order valence-corrected chi connectivity index (χ0v) is 13.9. The van der Waals surface area contributed by atoms with Crippen molar-refractivity contribution in [2.45, 2.75) is 32.7 Å². The van der Waals surface area contributed by atoms with Gasteiger partial charge in [-0.05, 0) is 25.3 Å². The van der Waals surface area contributed by atoms with Crippen LogP contribution in [-0.4, -0.2) is 36.5 Å². The minimum atomic E-state index is -0.313. The number of amides is 1. The summed E-state index contributed by atoms with van der Waals surface area (Å²) < 4.78 is 5.06. The molecule has 2 unspecified atom stereocenters. The number of piperidine rings is 1. The molecule has 2 rings (SSSR count). The number of carbonyl (C=O) groups excluding carboxylic acids is 2. The molecule has 1 aliphatic rings. The van der Waals surface area contributed by atoms with Gasteiger partial charge in [-0.15, -0.1) is 0 Å². The highest BCUT2D eigenvalue weighted by Crippen LogP contribution is 2.25. The predicted molar refractivity (Wildman–Crippen MR) is 88.5 cm³/mol. The van der Waals surface area contributed by atoms with Crippen molar-refractivity contribution < 1.29 is 14.3 Å². The molecule has 5 heteroatoms. The third-order valence-corrected chi connectivity index (χ3v) is 4.54. The van der Waals surface area contributed by atoms with Gasteiger partial charge in [0.15, 0.2) is 0 Å². The Balaban J connectivity index is 1.90. The van der Waals surface area contributed by atoms with Gasteiger partial charge < -0.3 is 15.4 Å². The molecule has 0 radical (unpaired) electrons. The van der Waals surface area contributed by atoms with Gasteiger partial charge in [-0.2, -0.15) is 0 Å². The average molecular weight is 318 g/mol. The van der Waals surface area contributed by atoms with Crippen molar-refractivity contribution in [3.05, 3.63) is 35.9 Å². The highest BCUT2D eigenvalue weighted by atomic mass is 16.5. The van der Waals surface area contributed by atoms with Crippen LogP contribution in [0.1, 0.15) is 38.3 Å². The van der Waals surface area contributed by atoms with E-state index in [1.807, 2.05) is 49.1 Å². The van der Waals surface area contributed by atoms with E-state index in [0.29, 0.717) is 32.5 Å². The van der Waals surface area contributed by atoms with Crippen molar-refractivity contribution in [2.75, 3.05) is 19.7 Å². The molecular weight excluding hydrogens is 292 g/mol. The minimum absolute atomic E-state index is 0.0589. The lowest BCUT2D eigenvalue weighted by Gasteiger charge is -2.34. The molecule has 0 aromatic heterocycles. The molecule has 23 heavy (non-hydrogen) atoms. The van der Waals surface area contributed by atoms with Gasteiger partial charge in [0.25, 0.3) is 0 Å². The number of carbonyl (C=O) groups is 2. The van der Waals surface area contributed by atoms with Gasteiger partial charge in [-0.3, -0.25) is 9.59 Å². The normalized spacial score (nSPS) is 18.3. The van der Waals surface area contributed by atoms with Crippen LogP contribution in [0.3, 0.4) is 0 Å². The maximum absolute atomic E-state index is 12.6. The molecule has 1 aromatic carbocycles. The van der Waals surface area contributed by atoms with E-state index in [2.05, 4.69) is 0 Å². The molecule has 2 atom stereocenters. The van der Waals surface area contributed by atoms with Gasteiger partial charge in [0.05, 0.1) is 18.4 Å². The molecule has 5 nitrogen and oxygen atoms in total. The molecule has 1 saturated heterocycles. The van der Waals surface area contributed by atoms with E-state index in [0.717, 1.165) is 5.56 Å². The molecule has 0 bridgehead atoms. The van der Waals surface area contributed by atoms with Gasteiger partial charge in [-0.25, -0.2) is 0 Å². The van der Waals surface area contributed by atoms with Gasteiger partial charge in [0, 0.05) is 19.1 Å². The van der Waals surface area contributed by atoms with Crippen molar-refractivity contribution in [3.8, 4) is 0 Å². The van der Waals surface area contributed by atoms with Crippen LogP contribution in [0.15, 0.2) is 30.3 Å². The maximum atomic E-state index is 12.6. The fraction of sp³-hybridized carbons (Fsp3) is 0.556. The topological polar surface area (TPSA) is 72.6 Å². The van der Waals surface area contributed by atoms with Crippen LogP contribution >= 0.6 is 0 Å². The molecule has 0 spiro atoms. The first-order chi connectivity index (χ1) is 11.0. The van der Waals surface area contributed by atoms with Gasteiger partial charge in [-0.1, -0.05) is 37.3 Å². The summed E-state index contributed by atoms with van der Waals surface area (Å²) >= 11 is 0. The van der Waals surface area contributed by atoms with Gasteiger partial charge in [0.2, 0.25) is 5.91 Å². The summed E-state index contributed by atoms with van der Waals surface area (Å²) in [7, 11) is 0. The zero-order valence-electron chi connectivity index (χ0n) is 13.9. The van der Waals surface area contributed by atoms with E-state index < -0.39 is 0 Å². The predicted octanol–water partition coefficient (Wildman–Crippen LogP) is 2.12. The average Bonchev–Trinajstić information content (AvgIpc) is 2.61. The highest BCUT2D eigenvalue weighted by Gasteiger charge is 2.32. The van der Waals surface area contributed by atoms with Crippen LogP contribution in [-0.2, 0) is 14.3 Å².